The molecule has 0 aliphatic carbocycles. The molecule has 0 amide bonds. The Morgan fingerprint density at radius 2 is 1.73 bits per heavy atom. The number of para-hydroxylation sites is 2. The van der Waals surface area contributed by atoms with E-state index in [-0.39, 0.29) is 17.1 Å². The zero-order valence-corrected chi connectivity index (χ0v) is 16.1. The molecular formula is C22H26N2O2. The molecule has 0 bridgehead atoms. The number of hydrogen-bond acceptors (Lipinski definition) is 3. The van der Waals surface area contributed by atoms with Crippen LogP contribution in [0.5, 0.6) is 0 Å². The van der Waals surface area contributed by atoms with Gasteiger partial charge in [-0.05, 0) is 51.0 Å². The monoisotopic (exact) mass is 350 g/mol. The fraction of sp³-hybridized carbons (Fsp3) is 0.364. The van der Waals surface area contributed by atoms with Crippen molar-refractivity contribution in [1.82, 2.24) is 9.55 Å². The predicted molar refractivity (Wildman–Crippen MR) is 106 cm³/mol. The number of aromatic nitrogens is 2. The van der Waals surface area contributed by atoms with Gasteiger partial charge in [-0.1, -0.05) is 36.4 Å². The quantitative estimate of drug-likeness (QED) is 0.709. The molecule has 1 aromatic heterocycles. The SMILES string of the molecule is Cc1ccccc1C(COC(C)(C)C)c1nc2ccccc2n(C)c1=O. The molecule has 1 atom stereocenters. The lowest BCUT2D eigenvalue weighted by Gasteiger charge is -2.25. The van der Waals surface area contributed by atoms with Crippen LogP contribution in [0.2, 0.25) is 0 Å². The number of ether oxygens (including phenoxy) is 1. The van der Waals surface area contributed by atoms with Crippen LogP contribution in [0.15, 0.2) is 53.3 Å². The van der Waals surface area contributed by atoms with E-state index in [0.717, 1.165) is 22.2 Å². The minimum Gasteiger partial charge on any atom is -0.375 e. The van der Waals surface area contributed by atoms with Gasteiger partial charge in [0.2, 0.25) is 0 Å². The van der Waals surface area contributed by atoms with Crippen molar-refractivity contribution in [3.63, 3.8) is 0 Å². The Bertz CT molecular complexity index is 983. The number of fused-ring (bicyclic) bond motifs is 1. The second kappa shape index (κ2) is 7.04. The van der Waals surface area contributed by atoms with Gasteiger partial charge in [0.15, 0.2) is 0 Å². The maximum Gasteiger partial charge on any atom is 0.273 e. The van der Waals surface area contributed by atoms with Crippen LogP contribution in [0.25, 0.3) is 11.0 Å². The Labute approximate surface area is 154 Å². The first kappa shape index (κ1) is 18.3. The van der Waals surface area contributed by atoms with Gasteiger partial charge >= 0.3 is 0 Å². The first-order valence-electron chi connectivity index (χ1n) is 8.93. The molecule has 0 spiro atoms. The standard InChI is InChI=1S/C22H26N2O2/c1-15-10-6-7-11-16(15)17(14-26-22(2,3)4)20-21(25)24(5)19-13-9-8-12-18(19)23-20/h6-13,17H,14H2,1-5H3. The maximum absolute atomic E-state index is 13.1. The van der Waals surface area contributed by atoms with E-state index in [4.69, 9.17) is 9.72 Å². The van der Waals surface area contributed by atoms with Gasteiger partial charge in [-0.3, -0.25) is 4.79 Å². The first-order chi connectivity index (χ1) is 12.3. The molecule has 0 N–H and O–H groups in total. The molecule has 2 aromatic carbocycles. The van der Waals surface area contributed by atoms with Crippen molar-refractivity contribution >= 4 is 11.0 Å². The van der Waals surface area contributed by atoms with Crippen LogP contribution in [0.3, 0.4) is 0 Å². The van der Waals surface area contributed by atoms with E-state index in [2.05, 4.69) is 19.1 Å². The highest BCUT2D eigenvalue weighted by Gasteiger charge is 2.25. The molecule has 26 heavy (non-hydrogen) atoms. The molecule has 0 aliphatic heterocycles. The lowest BCUT2D eigenvalue weighted by Crippen LogP contribution is -2.30. The molecule has 3 aromatic rings. The molecule has 4 nitrogen and oxygen atoms in total. The minimum absolute atomic E-state index is 0.0746. The maximum atomic E-state index is 13.1. The molecule has 0 saturated carbocycles. The summed E-state index contributed by atoms with van der Waals surface area (Å²) in [6, 6.07) is 15.8. The Hall–Kier alpha value is -2.46. The van der Waals surface area contributed by atoms with E-state index >= 15 is 0 Å². The molecule has 136 valence electrons. The van der Waals surface area contributed by atoms with Crippen LogP contribution in [-0.2, 0) is 11.8 Å². The van der Waals surface area contributed by atoms with Crippen molar-refractivity contribution in [3.8, 4) is 0 Å². The van der Waals surface area contributed by atoms with E-state index in [0.29, 0.717) is 12.3 Å². The van der Waals surface area contributed by atoms with Gasteiger partial charge in [-0.25, -0.2) is 4.98 Å². The van der Waals surface area contributed by atoms with Gasteiger partial charge in [0.05, 0.1) is 29.2 Å². The third-order valence-corrected chi connectivity index (χ3v) is 4.58. The Balaban J connectivity index is 2.19. The lowest BCUT2D eigenvalue weighted by atomic mass is 9.92. The summed E-state index contributed by atoms with van der Waals surface area (Å²) in [7, 11) is 1.80. The normalized spacial score (nSPS) is 13.1. The van der Waals surface area contributed by atoms with Crippen molar-refractivity contribution < 1.29 is 4.74 Å². The fourth-order valence-corrected chi connectivity index (χ4v) is 3.16. The van der Waals surface area contributed by atoms with Crippen LogP contribution in [-0.4, -0.2) is 21.8 Å². The highest BCUT2D eigenvalue weighted by atomic mass is 16.5. The van der Waals surface area contributed by atoms with Gasteiger partial charge in [0.1, 0.15) is 5.69 Å². The van der Waals surface area contributed by atoms with E-state index in [9.17, 15) is 4.79 Å². The molecule has 1 heterocycles. The first-order valence-corrected chi connectivity index (χ1v) is 8.93. The van der Waals surface area contributed by atoms with Crippen LogP contribution in [0, 0.1) is 6.92 Å². The molecule has 1 unspecified atom stereocenters. The van der Waals surface area contributed by atoms with E-state index in [1.807, 2.05) is 57.2 Å². The Kier molecular flexibility index (Phi) is 4.97. The third kappa shape index (κ3) is 3.70. The number of hydrogen-bond donors (Lipinski definition) is 0. The minimum atomic E-state index is -0.289. The average Bonchev–Trinajstić information content (AvgIpc) is 2.59. The van der Waals surface area contributed by atoms with Gasteiger partial charge in [0, 0.05) is 7.05 Å². The average molecular weight is 350 g/mol. The lowest BCUT2D eigenvalue weighted by molar-refractivity contribution is -0.00722. The third-order valence-electron chi connectivity index (χ3n) is 4.58. The van der Waals surface area contributed by atoms with Crippen LogP contribution in [0.1, 0.15) is 43.5 Å². The molecular weight excluding hydrogens is 324 g/mol. The smallest absolute Gasteiger partial charge is 0.273 e. The summed E-state index contributed by atoms with van der Waals surface area (Å²) in [6.07, 6.45) is 0. The van der Waals surface area contributed by atoms with Crippen molar-refractivity contribution in [2.75, 3.05) is 6.61 Å². The number of nitrogens with zero attached hydrogens (tertiary/aromatic N) is 2. The number of aryl methyl sites for hydroxylation is 2. The van der Waals surface area contributed by atoms with Gasteiger partial charge in [0.25, 0.3) is 5.56 Å². The number of benzene rings is 2. The molecule has 0 radical (unpaired) electrons. The van der Waals surface area contributed by atoms with Gasteiger partial charge in [-0.2, -0.15) is 0 Å². The summed E-state index contributed by atoms with van der Waals surface area (Å²) in [4.78, 5) is 17.8. The van der Waals surface area contributed by atoms with E-state index in [1.165, 1.54) is 0 Å². The molecule has 3 rings (SSSR count). The summed E-state index contributed by atoms with van der Waals surface area (Å²) < 4.78 is 7.75. The molecule has 0 aliphatic rings. The van der Waals surface area contributed by atoms with E-state index < -0.39 is 0 Å². The van der Waals surface area contributed by atoms with Crippen LogP contribution >= 0.6 is 0 Å². The summed E-state index contributed by atoms with van der Waals surface area (Å²) in [5, 5.41) is 0. The summed E-state index contributed by atoms with van der Waals surface area (Å²) >= 11 is 0. The van der Waals surface area contributed by atoms with E-state index in [1.54, 1.807) is 11.6 Å². The van der Waals surface area contributed by atoms with Gasteiger partial charge < -0.3 is 9.30 Å². The highest BCUT2D eigenvalue weighted by Crippen LogP contribution is 2.27. The zero-order chi connectivity index (χ0) is 18.9. The second-order valence-corrected chi connectivity index (χ2v) is 7.68. The largest absolute Gasteiger partial charge is 0.375 e. The van der Waals surface area contributed by atoms with Crippen LogP contribution in [0.4, 0.5) is 0 Å². The molecule has 0 saturated heterocycles. The Morgan fingerprint density at radius 1 is 1.08 bits per heavy atom. The summed E-state index contributed by atoms with van der Waals surface area (Å²) in [6.45, 7) is 8.54. The highest BCUT2D eigenvalue weighted by molar-refractivity contribution is 5.74. The summed E-state index contributed by atoms with van der Waals surface area (Å²) in [5.74, 6) is -0.210. The zero-order valence-electron chi connectivity index (χ0n) is 16.1. The topological polar surface area (TPSA) is 44.1 Å². The predicted octanol–water partition coefficient (Wildman–Crippen LogP) is 4.19. The van der Waals surface area contributed by atoms with Crippen molar-refractivity contribution in [2.24, 2.45) is 7.05 Å². The second-order valence-electron chi connectivity index (χ2n) is 7.68. The van der Waals surface area contributed by atoms with Crippen molar-refractivity contribution in [3.05, 3.63) is 75.7 Å². The molecule has 4 heteroatoms. The van der Waals surface area contributed by atoms with Crippen molar-refractivity contribution in [2.45, 2.75) is 39.2 Å². The molecule has 0 fully saturated rings. The number of rotatable bonds is 4. The fourth-order valence-electron chi connectivity index (χ4n) is 3.16. The van der Waals surface area contributed by atoms with Crippen LogP contribution < -0.4 is 5.56 Å². The Morgan fingerprint density at radius 3 is 2.42 bits per heavy atom. The van der Waals surface area contributed by atoms with Gasteiger partial charge in [-0.15, -0.1) is 0 Å². The van der Waals surface area contributed by atoms with Crippen molar-refractivity contribution in [1.29, 1.82) is 0 Å². The summed E-state index contributed by atoms with van der Waals surface area (Å²) in [5.41, 5.74) is 4.03.